The third kappa shape index (κ3) is 3.00. The second-order valence-electron chi connectivity index (χ2n) is 7.03. The van der Waals surface area contributed by atoms with Gasteiger partial charge in [-0.2, -0.15) is 0 Å². The zero-order valence-corrected chi connectivity index (χ0v) is 12.7. The molecular formula is C15H27N3O2. The van der Waals surface area contributed by atoms with Gasteiger partial charge in [0, 0.05) is 31.7 Å². The van der Waals surface area contributed by atoms with E-state index in [2.05, 4.69) is 22.6 Å². The first-order valence-electron chi connectivity index (χ1n) is 7.89. The minimum Gasteiger partial charge on any atom is -0.363 e. The fourth-order valence-corrected chi connectivity index (χ4v) is 3.82. The average Bonchev–Trinajstić information content (AvgIpc) is 2.64. The molecule has 3 heterocycles. The Bertz CT molecular complexity index is 356. The Morgan fingerprint density at radius 3 is 2.55 bits per heavy atom. The molecule has 114 valence electrons. The molecule has 3 saturated heterocycles. The Hall–Kier alpha value is -0.650. The van der Waals surface area contributed by atoms with Crippen LogP contribution in [0.15, 0.2) is 0 Å². The summed E-state index contributed by atoms with van der Waals surface area (Å²) in [5, 5.41) is 6.22. The van der Waals surface area contributed by atoms with Crippen LogP contribution in [0.5, 0.6) is 0 Å². The molecule has 0 spiro atoms. The number of hydrogen-bond acceptors (Lipinski definition) is 4. The molecule has 0 aromatic carbocycles. The van der Waals surface area contributed by atoms with Crippen molar-refractivity contribution in [3.8, 4) is 0 Å². The molecule has 3 fully saturated rings. The highest BCUT2D eigenvalue weighted by Crippen LogP contribution is 2.36. The normalized spacial score (nSPS) is 35.6. The predicted octanol–water partition coefficient (Wildman–Crippen LogP) is 0.354. The van der Waals surface area contributed by atoms with Crippen molar-refractivity contribution in [2.45, 2.75) is 50.3 Å². The summed E-state index contributed by atoms with van der Waals surface area (Å²) >= 11 is 0. The fourth-order valence-electron chi connectivity index (χ4n) is 3.82. The van der Waals surface area contributed by atoms with Crippen molar-refractivity contribution in [2.75, 3.05) is 33.3 Å². The molecule has 2 atom stereocenters. The van der Waals surface area contributed by atoms with Crippen molar-refractivity contribution in [3.05, 3.63) is 0 Å². The molecular weight excluding hydrogens is 254 g/mol. The molecule has 0 radical (unpaired) electrons. The Morgan fingerprint density at radius 1 is 1.35 bits per heavy atom. The summed E-state index contributed by atoms with van der Waals surface area (Å²) in [6, 6.07) is 1.48. The van der Waals surface area contributed by atoms with E-state index in [-0.39, 0.29) is 18.1 Å². The molecule has 3 rings (SSSR count). The molecule has 0 aromatic heterocycles. The largest absolute Gasteiger partial charge is 0.363 e. The molecule has 5 nitrogen and oxygen atoms in total. The summed E-state index contributed by atoms with van der Waals surface area (Å²) in [5.74, 6) is 0.679. The number of piperidine rings is 1. The zero-order chi connectivity index (χ0) is 14.2. The summed E-state index contributed by atoms with van der Waals surface area (Å²) in [6.45, 7) is 4.75. The van der Waals surface area contributed by atoms with Gasteiger partial charge >= 0.3 is 0 Å². The number of nitrogens with one attached hydrogen (secondary N) is 2. The number of hydrogen-bond donors (Lipinski definition) is 2. The van der Waals surface area contributed by atoms with Crippen molar-refractivity contribution >= 4 is 5.91 Å². The van der Waals surface area contributed by atoms with E-state index in [0.717, 1.165) is 31.7 Å². The maximum absolute atomic E-state index is 11.8. The van der Waals surface area contributed by atoms with E-state index in [0.29, 0.717) is 5.92 Å². The minimum absolute atomic E-state index is 0.0319. The third-order valence-electron chi connectivity index (χ3n) is 5.33. The van der Waals surface area contributed by atoms with Crippen LogP contribution in [-0.4, -0.2) is 61.8 Å². The van der Waals surface area contributed by atoms with Crippen LogP contribution in [0.1, 0.15) is 32.6 Å². The Morgan fingerprint density at radius 2 is 2.00 bits per heavy atom. The van der Waals surface area contributed by atoms with E-state index < -0.39 is 0 Å². The van der Waals surface area contributed by atoms with Crippen LogP contribution in [0, 0.1) is 5.92 Å². The molecule has 0 saturated carbocycles. The highest BCUT2D eigenvalue weighted by molar-refractivity contribution is 5.77. The summed E-state index contributed by atoms with van der Waals surface area (Å²) in [5.41, 5.74) is -0.135. The lowest BCUT2D eigenvalue weighted by Gasteiger charge is -2.39. The molecule has 3 aliphatic heterocycles. The van der Waals surface area contributed by atoms with Crippen molar-refractivity contribution in [1.82, 2.24) is 15.5 Å². The number of rotatable bonds is 5. The van der Waals surface area contributed by atoms with Gasteiger partial charge in [0.25, 0.3) is 0 Å². The highest BCUT2D eigenvalue weighted by Gasteiger charge is 2.38. The summed E-state index contributed by atoms with van der Waals surface area (Å²) in [4.78, 5) is 14.4. The van der Waals surface area contributed by atoms with Gasteiger partial charge in [-0.25, -0.2) is 0 Å². The van der Waals surface area contributed by atoms with Crippen LogP contribution >= 0.6 is 0 Å². The average molecular weight is 281 g/mol. The van der Waals surface area contributed by atoms with Crippen LogP contribution < -0.4 is 10.6 Å². The van der Waals surface area contributed by atoms with Crippen molar-refractivity contribution in [2.24, 2.45) is 5.92 Å². The SMILES string of the molecule is CN1C2CCC1CC(CNC(=O)COC1(C)CNC1)C2. The van der Waals surface area contributed by atoms with Gasteiger partial charge in [-0.05, 0) is 45.6 Å². The number of carbonyl (C=O) groups excluding carboxylic acids is 1. The zero-order valence-electron chi connectivity index (χ0n) is 12.7. The van der Waals surface area contributed by atoms with E-state index in [4.69, 9.17) is 4.74 Å². The lowest BCUT2D eigenvalue weighted by molar-refractivity contribution is -0.136. The second kappa shape index (κ2) is 5.62. The van der Waals surface area contributed by atoms with Crippen LogP contribution in [0.25, 0.3) is 0 Å². The quantitative estimate of drug-likeness (QED) is 0.764. The van der Waals surface area contributed by atoms with Gasteiger partial charge in [0.1, 0.15) is 6.61 Å². The first-order chi connectivity index (χ1) is 9.56. The number of amides is 1. The van der Waals surface area contributed by atoms with Gasteiger partial charge in [-0.3, -0.25) is 4.79 Å². The van der Waals surface area contributed by atoms with Crippen LogP contribution in [-0.2, 0) is 9.53 Å². The van der Waals surface area contributed by atoms with Crippen molar-refractivity contribution in [3.63, 3.8) is 0 Å². The van der Waals surface area contributed by atoms with E-state index in [1.165, 1.54) is 25.7 Å². The van der Waals surface area contributed by atoms with Gasteiger partial charge in [-0.1, -0.05) is 0 Å². The van der Waals surface area contributed by atoms with Gasteiger partial charge in [-0.15, -0.1) is 0 Å². The molecule has 2 bridgehead atoms. The topological polar surface area (TPSA) is 53.6 Å². The van der Waals surface area contributed by atoms with Gasteiger partial charge in [0.05, 0.1) is 5.60 Å². The maximum Gasteiger partial charge on any atom is 0.246 e. The third-order valence-corrected chi connectivity index (χ3v) is 5.33. The minimum atomic E-state index is -0.135. The Labute approximate surface area is 121 Å². The molecule has 1 amide bonds. The first-order valence-corrected chi connectivity index (χ1v) is 7.89. The standard InChI is InChI=1S/C15H27N3O2/c1-15(9-16-10-15)20-8-14(19)17-7-11-5-12-3-4-13(6-11)18(12)2/h11-13,16H,3-10H2,1-2H3,(H,17,19). The van der Waals surface area contributed by atoms with Crippen LogP contribution in [0.2, 0.25) is 0 Å². The van der Waals surface area contributed by atoms with Crippen LogP contribution in [0.3, 0.4) is 0 Å². The fraction of sp³-hybridized carbons (Fsp3) is 0.933. The number of carbonyl (C=O) groups is 1. The van der Waals surface area contributed by atoms with Gasteiger partial charge in [0.15, 0.2) is 0 Å². The molecule has 3 aliphatic rings. The van der Waals surface area contributed by atoms with Gasteiger partial charge < -0.3 is 20.3 Å². The highest BCUT2D eigenvalue weighted by atomic mass is 16.5. The molecule has 2 unspecified atom stereocenters. The second-order valence-corrected chi connectivity index (χ2v) is 7.03. The number of fused-ring (bicyclic) bond motifs is 2. The van der Waals surface area contributed by atoms with Crippen molar-refractivity contribution in [1.29, 1.82) is 0 Å². The monoisotopic (exact) mass is 281 g/mol. The summed E-state index contributed by atoms with van der Waals surface area (Å²) in [6.07, 6.45) is 5.13. The first kappa shape index (κ1) is 14.3. The van der Waals surface area contributed by atoms with Crippen LogP contribution in [0.4, 0.5) is 0 Å². The predicted molar refractivity (Wildman–Crippen MR) is 77.5 cm³/mol. The van der Waals surface area contributed by atoms with E-state index in [1.54, 1.807) is 0 Å². The maximum atomic E-state index is 11.8. The number of nitrogens with zero attached hydrogens (tertiary/aromatic N) is 1. The lowest BCUT2D eigenvalue weighted by Crippen LogP contribution is -2.59. The Balaban J connectivity index is 1.36. The van der Waals surface area contributed by atoms with E-state index in [9.17, 15) is 4.79 Å². The smallest absolute Gasteiger partial charge is 0.246 e. The molecule has 2 N–H and O–H groups in total. The van der Waals surface area contributed by atoms with E-state index in [1.807, 2.05) is 6.92 Å². The molecule has 0 aliphatic carbocycles. The summed E-state index contributed by atoms with van der Waals surface area (Å²) < 4.78 is 5.66. The number of ether oxygens (including phenoxy) is 1. The van der Waals surface area contributed by atoms with Crippen molar-refractivity contribution < 1.29 is 9.53 Å². The molecule has 5 heteroatoms. The molecule has 20 heavy (non-hydrogen) atoms. The lowest BCUT2D eigenvalue weighted by atomic mass is 9.91. The summed E-state index contributed by atoms with van der Waals surface area (Å²) in [7, 11) is 2.25. The van der Waals surface area contributed by atoms with E-state index >= 15 is 0 Å². The molecule has 0 aromatic rings. The Kier molecular flexibility index (Phi) is 4.02. The van der Waals surface area contributed by atoms with Gasteiger partial charge in [0.2, 0.25) is 5.91 Å².